The Kier molecular flexibility index (Phi) is 11.5. The van der Waals surface area contributed by atoms with Crippen LogP contribution < -0.4 is 14.4 Å². The van der Waals surface area contributed by atoms with Crippen molar-refractivity contribution in [3.8, 4) is 5.75 Å². The van der Waals surface area contributed by atoms with Crippen molar-refractivity contribution in [1.82, 2.24) is 10.2 Å². The first-order valence-corrected chi connectivity index (χ1v) is 15.7. The van der Waals surface area contributed by atoms with Crippen LogP contribution in [0.5, 0.6) is 5.75 Å². The number of halogens is 2. The van der Waals surface area contributed by atoms with E-state index in [4.69, 9.17) is 27.9 Å². The molecule has 0 aromatic heterocycles. The largest absolute Gasteiger partial charge is 0.497 e. The summed E-state index contributed by atoms with van der Waals surface area (Å²) in [6.07, 6.45) is 1.92. The fraction of sp³-hybridized carbons (Fsp3) is 0.333. The number of carbonyl (C=O) groups is 2. The Morgan fingerprint density at radius 3 is 2.27 bits per heavy atom. The highest BCUT2D eigenvalue weighted by atomic mass is 35.5. The van der Waals surface area contributed by atoms with E-state index in [2.05, 4.69) is 5.32 Å². The van der Waals surface area contributed by atoms with E-state index in [0.717, 1.165) is 16.1 Å². The molecule has 0 aliphatic carbocycles. The van der Waals surface area contributed by atoms with Gasteiger partial charge in [-0.3, -0.25) is 13.9 Å². The summed E-state index contributed by atoms with van der Waals surface area (Å²) in [6, 6.07) is 19.8. The topological polar surface area (TPSA) is 96.0 Å². The van der Waals surface area contributed by atoms with Crippen molar-refractivity contribution in [2.24, 2.45) is 0 Å². The standard InChI is InChI=1S/C30H35Cl2N3O5S/c1-5-21(2)33-30(37)28(17-22-10-7-6-8-11-22)34(19-23-12-9-13-25(16-23)40-3)29(36)20-35(41(4,38)39)27-15-14-24(31)18-26(27)32/h6-16,18,21,28H,5,17,19-20H2,1-4H3,(H,33,37). The first-order valence-electron chi connectivity index (χ1n) is 13.1. The molecule has 3 rings (SSSR count). The maximum atomic E-state index is 14.1. The third kappa shape index (κ3) is 9.11. The van der Waals surface area contributed by atoms with Crippen LogP contribution in [0.1, 0.15) is 31.4 Å². The van der Waals surface area contributed by atoms with Gasteiger partial charge in [0, 0.05) is 24.0 Å². The Morgan fingerprint density at radius 2 is 1.66 bits per heavy atom. The second kappa shape index (κ2) is 14.6. The van der Waals surface area contributed by atoms with Gasteiger partial charge in [0.15, 0.2) is 0 Å². The SMILES string of the molecule is CCC(C)NC(=O)C(Cc1ccccc1)N(Cc1cccc(OC)c1)C(=O)CN(c1ccc(Cl)cc1Cl)S(C)(=O)=O. The van der Waals surface area contributed by atoms with Gasteiger partial charge in [-0.2, -0.15) is 0 Å². The van der Waals surface area contributed by atoms with Crippen molar-refractivity contribution in [1.29, 1.82) is 0 Å². The van der Waals surface area contributed by atoms with Gasteiger partial charge in [-0.25, -0.2) is 8.42 Å². The minimum absolute atomic E-state index is 0.0351. The predicted octanol–water partition coefficient (Wildman–Crippen LogP) is 5.32. The average molecular weight is 621 g/mol. The van der Waals surface area contributed by atoms with Gasteiger partial charge in [-0.15, -0.1) is 0 Å². The molecule has 11 heteroatoms. The first-order chi connectivity index (χ1) is 19.4. The maximum Gasteiger partial charge on any atom is 0.244 e. The van der Waals surface area contributed by atoms with E-state index in [1.165, 1.54) is 23.1 Å². The lowest BCUT2D eigenvalue weighted by Crippen LogP contribution is -2.54. The highest BCUT2D eigenvalue weighted by molar-refractivity contribution is 7.92. The number of rotatable bonds is 13. The summed E-state index contributed by atoms with van der Waals surface area (Å²) in [4.78, 5) is 29.3. The molecule has 0 radical (unpaired) electrons. The molecule has 0 saturated heterocycles. The Morgan fingerprint density at radius 1 is 0.976 bits per heavy atom. The summed E-state index contributed by atoms with van der Waals surface area (Å²) >= 11 is 12.4. The van der Waals surface area contributed by atoms with Crippen LogP contribution in [0.3, 0.4) is 0 Å². The molecule has 0 aliphatic rings. The Bertz CT molecular complexity index is 1450. The number of amides is 2. The lowest BCUT2D eigenvalue weighted by molar-refractivity contribution is -0.140. The Balaban J connectivity index is 2.09. The highest BCUT2D eigenvalue weighted by Gasteiger charge is 2.34. The number of hydrogen-bond acceptors (Lipinski definition) is 5. The van der Waals surface area contributed by atoms with Gasteiger partial charge in [0.1, 0.15) is 18.3 Å². The van der Waals surface area contributed by atoms with E-state index in [9.17, 15) is 18.0 Å². The van der Waals surface area contributed by atoms with Crippen molar-refractivity contribution in [3.63, 3.8) is 0 Å². The number of nitrogens with one attached hydrogen (secondary N) is 1. The molecule has 2 amide bonds. The number of anilines is 1. The van der Waals surface area contributed by atoms with Crippen molar-refractivity contribution < 1.29 is 22.7 Å². The minimum atomic E-state index is -3.96. The quantitative estimate of drug-likeness (QED) is 0.279. The van der Waals surface area contributed by atoms with E-state index < -0.39 is 28.5 Å². The van der Waals surface area contributed by atoms with Crippen molar-refractivity contribution in [2.45, 2.75) is 45.3 Å². The normalized spacial score (nSPS) is 12.7. The lowest BCUT2D eigenvalue weighted by Gasteiger charge is -2.34. The minimum Gasteiger partial charge on any atom is -0.497 e. The molecule has 3 aromatic rings. The van der Waals surface area contributed by atoms with Crippen LogP contribution in [0.15, 0.2) is 72.8 Å². The number of sulfonamides is 1. The molecule has 8 nitrogen and oxygen atoms in total. The van der Waals surface area contributed by atoms with Gasteiger partial charge < -0.3 is 15.0 Å². The van der Waals surface area contributed by atoms with E-state index in [1.807, 2.05) is 50.2 Å². The van der Waals surface area contributed by atoms with E-state index >= 15 is 0 Å². The van der Waals surface area contributed by atoms with Gasteiger partial charge in [-0.1, -0.05) is 72.6 Å². The molecule has 0 aliphatic heterocycles. The molecule has 0 bridgehead atoms. The molecule has 2 unspecified atom stereocenters. The van der Waals surface area contributed by atoms with Gasteiger partial charge in [-0.05, 0) is 54.8 Å². The van der Waals surface area contributed by atoms with Crippen LogP contribution in [0.4, 0.5) is 5.69 Å². The number of ether oxygens (including phenoxy) is 1. The Labute approximate surface area is 252 Å². The van der Waals surface area contributed by atoms with Gasteiger partial charge in [0.25, 0.3) is 0 Å². The highest BCUT2D eigenvalue weighted by Crippen LogP contribution is 2.31. The molecule has 0 spiro atoms. The fourth-order valence-corrected chi connectivity index (χ4v) is 5.66. The van der Waals surface area contributed by atoms with E-state index in [0.29, 0.717) is 22.8 Å². The molecule has 0 fully saturated rings. The van der Waals surface area contributed by atoms with E-state index in [1.54, 1.807) is 25.3 Å². The van der Waals surface area contributed by atoms with Crippen LogP contribution in [-0.2, 0) is 32.6 Å². The molecule has 0 heterocycles. The molecule has 41 heavy (non-hydrogen) atoms. The summed E-state index contributed by atoms with van der Waals surface area (Å²) in [5.74, 6) is -0.330. The monoisotopic (exact) mass is 619 g/mol. The van der Waals surface area contributed by atoms with E-state index in [-0.39, 0.29) is 35.6 Å². The second-order valence-electron chi connectivity index (χ2n) is 9.76. The summed E-state index contributed by atoms with van der Waals surface area (Å²) in [5, 5.41) is 3.40. The van der Waals surface area contributed by atoms with Crippen LogP contribution in [0.25, 0.3) is 0 Å². The number of benzene rings is 3. The van der Waals surface area contributed by atoms with Crippen LogP contribution >= 0.6 is 23.2 Å². The third-order valence-electron chi connectivity index (χ3n) is 6.62. The third-order valence-corrected chi connectivity index (χ3v) is 8.28. The average Bonchev–Trinajstić information content (AvgIpc) is 2.93. The molecule has 2 atom stereocenters. The van der Waals surface area contributed by atoms with Crippen LogP contribution in [0, 0.1) is 0 Å². The smallest absolute Gasteiger partial charge is 0.244 e. The summed E-state index contributed by atoms with van der Waals surface area (Å²) in [6.45, 7) is 3.30. The number of methoxy groups -OCH3 is 1. The molecule has 1 N–H and O–H groups in total. The molecule has 220 valence electrons. The Hall–Kier alpha value is -3.27. The van der Waals surface area contributed by atoms with Gasteiger partial charge >= 0.3 is 0 Å². The molecular weight excluding hydrogens is 585 g/mol. The first kappa shape index (κ1) is 32.2. The number of hydrogen-bond donors (Lipinski definition) is 1. The second-order valence-corrected chi connectivity index (χ2v) is 12.5. The number of nitrogens with zero attached hydrogens (tertiary/aromatic N) is 2. The van der Waals surface area contributed by atoms with Crippen molar-refractivity contribution >= 4 is 50.7 Å². The fourth-order valence-electron chi connectivity index (χ4n) is 4.24. The lowest BCUT2D eigenvalue weighted by atomic mass is 10.0. The molecule has 3 aromatic carbocycles. The van der Waals surface area contributed by atoms with Crippen molar-refractivity contribution in [2.75, 3.05) is 24.2 Å². The number of carbonyl (C=O) groups excluding carboxylic acids is 2. The predicted molar refractivity (Wildman–Crippen MR) is 164 cm³/mol. The summed E-state index contributed by atoms with van der Waals surface area (Å²) < 4.78 is 32.1. The van der Waals surface area contributed by atoms with Gasteiger partial charge in [0.05, 0.1) is 24.1 Å². The zero-order valence-electron chi connectivity index (χ0n) is 23.5. The van der Waals surface area contributed by atoms with Crippen LogP contribution in [-0.4, -0.2) is 57.1 Å². The molecule has 0 saturated carbocycles. The van der Waals surface area contributed by atoms with Crippen molar-refractivity contribution in [3.05, 3.63) is 94.0 Å². The zero-order chi connectivity index (χ0) is 30.2. The molecular formula is C30H35Cl2N3O5S. The maximum absolute atomic E-state index is 14.1. The summed E-state index contributed by atoms with van der Waals surface area (Å²) in [5.41, 5.74) is 1.67. The summed E-state index contributed by atoms with van der Waals surface area (Å²) in [7, 11) is -2.41. The van der Waals surface area contributed by atoms with Gasteiger partial charge in [0.2, 0.25) is 21.8 Å². The van der Waals surface area contributed by atoms with Crippen LogP contribution in [0.2, 0.25) is 10.0 Å². The zero-order valence-corrected chi connectivity index (χ0v) is 25.8.